The number of carbonyl (C=O) groups excluding carboxylic acids is 1. The largest absolute Gasteiger partial charge is 0.168 e. The van der Waals surface area contributed by atoms with Crippen LogP contribution in [0.4, 0.5) is 0 Å². The van der Waals surface area contributed by atoms with E-state index in [9.17, 15) is 4.79 Å². The van der Waals surface area contributed by atoms with Crippen molar-refractivity contribution >= 4 is 43.2 Å². The summed E-state index contributed by atoms with van der Waals surface area (Å²) in [7, 11) is 11.0. The van der Waals surface area contributed by atoms with Gasteiger partial charge in [-0.15, -0.1) is 29.7 Å². The molecule has 2 rings (SSSR count). The molecule has 0 unspecified atom stereocenters. The SMILES string of the molecule is C[Si]C.NC(=O)[CH-]O.[Cl][Zr+2][Cl].c1ccc2[cH-]ccc2c1. The van der Waals surface area contributed by atoms with Gasteiger partial charge in [0, 0.05) is 9.52 Å². The van der Waals surface area contributed by atoms with E-state index < -0.39 is 26.8 Å². The second-order valence-electron chi connectivity index (χ2n) is 3.26. The molecule has 3 nitrogen and oxygen atoms in total. The zero-order valence-corrected chi connectivity index (χ0v) is 16.3. The summed E-state index contributed by atoms with van der Waals surface area (Å²) < 4.78 is 0. The fraction of sp³-hybridized carbons (Fsp3) is 0.154. The van der Waals surface area contributed by atoms with Crippen molar-refractivity contribution in [3.8, 4) is 0 Å². The maximum absolute atomic E-state index is 9.28. The number of amides is 1. The quantitative estimate of drug-likeness (QED) is 0.557. The van der Waals surface area contributed by atoms with Crippen molar-refractivity contribution in [2.75, 3.05) is 0 Å². The van der Waals surface area contributed by atoms with Crippen LogP contribution >= 0.6 is 17.0 Å². The van der Waals surface area contributed by atoms with Gasteiger partial charge in [0.1, 0.15) is 5.91 Å². The number of nitrogens with two attached hydrogens (primary N) is 1. The minimum absolute atomic E-state index is 0.306. The molecule has 108 valence electrons. The Bertz CT molecular complexity index is 422. The van der Waals surface area contributed by atoms with Crippen LogP contribution in [-0.2, 0) is 25.6 Å². The van der Waals surface area contributed by atoms with E-state index in [0.29, 0.717) is 6.61 Å². The Morgan fingerprint density at radius 2 is 1.80 bits per heavy atom. The van der Waals surface area contributed by atoms with E-state index in [2.05, 4.69) is 61.3 Å². The van der Waals surface area contributed by atoms with Crippen molar-refractivity contribution in [2.24, 2.45) is 5.73 Å². The fourth-order valence-electron chi connectivity index (χ4n) is 1.07. The summed E-state index contributed by atoms with van der Waals surface area (Å²) in [6, 6.07) is 14.7. The maximum Gasteiger partial charge on any atom is -0.0809 e. The molecule has 0 atom stereocenters. The Balaban J connectivity index is 0. The van der Waals surface area contributed by atoms with Crippen LogP contribution < -0.4 is 5.73 Å². The predicted molar refractivity (Wildman–Crippen MR) is 84.2 cm³/mol. The molecule has 0 aliphatic rings. The number of benzene rings is 1. The molecule has 0 spiro atoms. The van der Waals surface area contributed by atoms with Crippen LogP contribution in [0.2, 0.25) is 13.1 Å². The number of rotatable bonds is 1. The van der Waals surface area contributed by atoms with Gasteiger partial charge in [0.2, 0.25) is 0 Å². The Morgan fingerprint density at radius 3 is 2.20 bits per heavy atom. The van der Waals surface area contributed by atoms with Gasteiger partial charge < -0.3 is 15.6 Å². The van der Waals surface area contributed by atoms with Gasteiger partial charge in [-0.2, -0.15) is 24.1 Å². The molecule has 1 amide bonds. The van der Waals surface area contributed by atoms with Gasteiger partial charge in [0.15, 0.2) is 0 Å². The first-order valence-electron chi connectivity index (χ1n) is 5.49. The molecule has 0 saturated heterocycles. The van der Waals surface area contributed by atoms with Gasteiger partial charge in [-0.25, -0.2) is 0 Å². The van der Waals surface area contributed by atoms with Crippen LogP contribution in [0.5, 0.6) is 0 Å². The number of aliphatic hydroxyl groups excluding tert-OH is 1. The minimum atomic E-state index is -0.826. The van der Waals surface area contributed by atoms with E-state index in [1.807, 2.05) is 0 Å². The second kappa shape index (κ2) is 16.9. The van der Waals surface area contributed by atoms with Crippen LogP contribution in [-0.4, -0.2) is 20.5 Å². The van der Waals surface area contributed by atoms with Gasteiger partial charge in [-0.1, -0.05) is 19.2 Å². The predicted octanol–water partition coefficient (Wildman–Crippen LogP) is 3.73. The van der Waals surface area contributed by atoms with Gasteiger partial charge in [-0.05, 0) is 0 Å². The molecule has 7 heteroatoms. The molecule has 0 heterocycles. The number of aliphatic hydroxyl groups is 1. The molecule has 0 aliphatic heterocycles. The number of carbonyl (C=O) groups is 1. The summed E-state index contributed by atoms with van der Waals surface area (Å²) in [4.78, 5) is 9.28. The molecule has 0 saturated carbocycles. The van der Waals surface area contributed by atoms with E-state index in [1.165, 1.54) is 10.8 Å². The third-order valence-electron chi connectivity index (χ3n) is 1.67. The topological polar surface area (TPSA) is 63.3 Å². The molecular formula is C13H17Cl2NO2SiZr. The molecule has 2 aromatic rings. The minimum Gasteiger partial charge on any atom is -0.168 e. The van der Waals surface area contributed by atoms with E-state index >= 15 is 0 Å². The van der Waals surface area contributed by atoms with Gasteiger partial charge >= 0.3 is 37.9 Å². The number of fused-ring (bicyclic) bond motifs is 1. The Hall–Kier alpha value is -0.190. The molecule has 0 aliphatic carbocycles. The first-order valence-corrected chi connectivity index (χ1v) is 13.8. The first kappa shape index (κ1) is 22.1. The number of hydrogen-bond acceptors (Lipinski definition) is 2. The Labute approximate surface area is 141 Å². The van der Waals surface area contributed by atoms with Gasteiger partial charge in [0.05, 0.1) is 0 Å². The summed E-state index contributed by atoms with van der Waals surface area (Å²) in [5.41, 5.74) is 4.35. The standard InChI is InChI=1S/C9H7.C2H4NO2.C2H6Si.2ClH.Zr/c1-2-5-9-7-3-6-8(9)4-1;3-2(5)1-4;1-3-2;;;/h1-7H;1,4H,(H2,3,5);1-2H3;2*1H;/q2*-1;;;;+4/p-2. The van der Waals surface area contributed by atoms with Crippen molar-refractivity contribution in [1.29, 1.82) is 0 Å². The van der Waals surface area contributed by atoms with Crippen LogP contribution in [0.3, 0.4) is 0 Å². The molecule has 2 aromatic carbocycles. The molecule has 0 bridgehead atoms. The average Bonchev–Trinajstić information content (AvgIpc) is 2.89. The maximum atomic E-state index is 9.28. The second-order valence-corrected chi connectivity index (χ2v) is 7.99. The number of hydrogen-bond donors (Lipinski definition) is 2. The molecule has 2 radical (unpaired) electrons. The van der Waals surface area contributed by atoms with E-state index in [-0.39, 0.29) is 0 Å². The number of halogens is 2. The van der Waals surface area contributed by atoms with Crippen LogP contribution in [0, 0.1) is 6.61 Å². The molecule has 20 heavy (non-hydrogen) atoms. The fourth-order valence-corrected chi connectivity index (χ4v) is 1.07. The third kappa shape index (κ3) is 14.2. The molecule has 0 fully saturated rings. The molecule has 3 N–H and O–H groups in total. The van der Waals surface area contributed by atoms with Gasteiger partial charge in [0.25, 0.3) is 0 Å². The monoisotopic (exact) mass is 407 g/mol. The zero-order valence-electron chi connectivity index (χ0n) is 11.3. The van der Waals surface area contributed by atoms with Crippen LogP contribution in [0.1, 0.15) is 0 Å². The number of primary amides is 1. The summed E-state index contributed by atoms with van der Waals surface area (Å²) in [5, 5.41) is 10.2. The summed E-state index contributed by atoms with van der Waals surface area (Å²) in [6.45, 7) is 4.61. The van der Waals surface area contributed by atoms with Crippen molar-refractivity contribution < 1.29 is 30.7 Å². The van der Waals surface area contributed by atoms with Crippen molar-refractivity contribution in [3.05, 3.63) is 49.1 Å². The Morgan fingerprint density at radius 1 is 1.35 bits per heavy atom. The third-order valence-corrected chi connectivity index (χ3v) is 1.67. The van der Waals surface area contributed by atoms with E-state index in [0.717, 1.165) is 9.52 Å². The van der Waals surface area contributed by atoms with Crippen LogP contribution in [0.15, 0.2) is 42.5 Å². The molecular weight excluding hydrogens is 392 g/mol. The Kier molecular flexibility index (Phi) is 18.6. The van der Waals surface area contributed by atoms with Crippen molar-refractivity contribution in [1.82, 2.24) is 0 Å². The summed E-state index contributed by atoms with van der Waals surface area (Å²) >= 11 is -0.826. The summed E-state index contributed by atoms with van der Waals surface area (Å²) in [6.07, 6.45) is 0. The zero-order chi connectivity index (χ0) is 15.8. The van der Waals surface area contributed by atoms with E-state index in [4.69, 9.17) is 22.1 Å². The summed E-state index contributed by atoms with van der Waals surface area (Å²) in [5.74, 6) is -0.815. The smallest absolute Gasteiger partial charge is 0.0809 e. The van der Waals surface area contributed by atoms with Crippen LogP contribution in [0.25, 0.3) is 10.8 Å². The normalized spacial score (nSPS) is 7.65. The van der Waals surface area contributed by atoms with Crippen molar-refractivity contribution in [2.45, 2.75) is 13.1 Å². The van der Waals surface area contributed by atoms with Gasteiger partial charge in [-0.3, -0.25) is 0 Å². The average molecular weight is 410 g/mol. The molecule has 0 aromatic heterocycles. The van der Waals surface area contributed by atoms with E-state index in [1.54, 1.807) is 0 Å². The first-order chi connectivity index (χ1) is 9.56. The van der Waals surface area contributed by atoms with Crippen molar-refractivity contribution in [3.63, 3.8) is 0 Å².